The van der Waals surface area contributed by atoms with E-state index in [1.54, 1.807) is 0 Å². The van der Waals surface area contributed by atoms with Crippen molar-refractivity contribution in [1.82, 2.24) is 10.6 Å². The molecule has 1 aliphatic rings. The lowest BCUT2D eigenvalue weighted by Crippen LogP contribution is -2.50. The monoisotopic (exact) mass is 200 g/mol. The maximum absolute atomic E-state index is 11.4. The number of hydrogen-bond donors (Lipinski definition) is 2. The van der Waals surface area contributed by atoms with Crippen LogP contribution in [0.15, 0.2) is 0 Å². The second kappa shape index (κ2) is 5.98. The van der Waals surface area contributed by atoms with E-state index in [0.29, 0.717) is 6.04 Å². The summed E-state index contributed by atoms with van der Waals surface area (Å²) in [5.41, 5.74) is 0. The first-order chi connectivity index (χ1) is 6.76. The molecular weight excluding hydrogens is 180 g/mol. The number of carbonyl (C=O) groups excluding carboxylic acids is 1. The van der Waals surface area contributed by atoms with E-state index < -0.39 is 0 Å². The van der Waals surface area contributed by atoms with Crippen molar-refractivity contribution in [2.45, 2.75) is 38.8 Å². The van der Waals surface area contributed by atoms with Crippen molar-refractivity contribution in [2.75, 3.05) is 19.7 Å². The van der Waals surface area contributed by atoms with Crippen molar-refractivity contribution in [1.29, 1.82) is 0 Å². The highest BCUT2D eigenvalue weighted by Gasteiger charge is 2.18. The Morgan fingerprint density at radius 3 is 2.57 bits per heavy atom. The van der Waals surface area contributed by atoms with Crippen LogP contribution in [0.1, 0.15) is 26.7 Å². The molecule has 0 aliphatic carbocycles. The molecule has 0 aromatic carbocycles. The van der Waals surface area contributed by atoms with Gasteiger partial charge in [-0.1, -0.05) is 13.8 Å². The van der Waals surface area contributed by atoms with Crippen molar-refractivity contribution >= 4 is 5.91 Å². The van der Waals surface area contributed by atoms with Gasteiger partial charge in [-0.2, -0.15) is 0 Å². The minimum absolute atomic E-state index is 0.00519. The van der Waals surface area contributed by atoms with Gasteiger partial charge in [-0.05, 0) is 12.8 Å². The van der Waals surface area contributed by atoms with Crippen LogP contribution in [0.2, 0.25) is 0 Å². The molecule has 2 N–H and O–H groups in total. The van der Waals surface area contributed by atoms with Gasteiger partial charge in [-0.3, -0.25) is 4.79 Å². The Bertz CT molecular complexity index is 177. The van der Waals surface area contributed by atoms with E-state index in [4.69, 9.17) is 4.74 Å². The molecule has 1 fully saturated rings. The molecule has 1 aliphatic heterocycles. The van der Waals surface area contributed by atoms with E-state index in [1.165, 1.54) is 0 Å². The van der Waals surface area contributed by atoms with Crippen molar-refractivity contribution in [3.63, 3.8) is 0 Å². The van der Waals surface area contributed by atoms with E-state index in [9.17, 15) is 4.79 Å². The summed E-state index contributed by atoms with van der Waals surface area (Å²) in [6, 6.07) is 0.297. The number of rotatable bonds is 6. The Hall–Kier alpha value is -0.610. The fourth-order valence-corrected chi connectivity index (χ4v) is 1.34. The molecule has 82 valence electrons. The average molecular weight is 200 g/mol. The number of amides is 1. The molecule has 0 aromatic heterocycles. The first-order valence-electron chi connectivity index (χ1n) is 5.38. The molecule has 1 amide bonds. The molecule has 14 heavy (non-hydrogen) atoms. The first kappa shape index (κ1) is 11.5. The zero-order chi connectivity index (χ0) is 10.4. The molecule has 0 radical (unpaired) electrons. The Balaban J connectivity index is 2.07. The third kappa shape index (κ3) is 3.64. The van der Waals surface area contributed by atoms with Gasteiger partial charge in [0.1, 0.15) is 6.61 Å². The summed E-state index contributed by atoms with van der Waals surface area (Å²) >= 11 is 0. The Labute approximate surface area is 85.4 Å². The lowest BCUT2D eigenvalue weighted by molar-refractivity contribution is -0.129. The molecule has 0 atom stereocenters. The molecule has 4 nitrogen and oxygen atoms in total. The predicted molar refractivity (Wildman–Crippen MR) is 55.1 cm³/mol. The van der Waals surface area contributed by atoms with Crippen molar-refractivity contribution in [2.24, 2.45) is 0 Å². The maximum Gasteiger partial charge on any atom is 0.246 e. The molecule has 0 spiro atoms. The molecule has 4 heteroatoms. The van der Waals surface area contributed by atoms with Gasteiger partial charge in [0.15, 0.2) is 0 Å². The van der Waals surface area contributed by atoms with Gasteiger partial charge in [0, 0.05) is 19.1 Å². The van der Waals surface area contributed by atoms with Crippen LogP contribution in [-0.2, 0) is 9.53 Å². The van der Waals surface area contributed by atoms with Crippen molar-refractivity contribution in [3.05, 3.63) is 0 Å². The Morgan fingerprint density at radius 2 is 2.14 bits per heavy atom. The largest absolute Gasteiger partial charge is 0.366 e. The van der Waals surface area contributed by atoms with Crippen LogP contribution in [0.4, 0.5) is 0 Å². The van der Waals surface area contributed by atoms with Crippen LogP contribution in [0.5, 0.6) is 0 Å². The zero-order valence-corrected chi connectivity index (χ0v) is 9.01. The Kier molecular flexibility index (Phi) is 4.90. The van der Waals surface area contributed by atoms with Crippen LogP contribution < -0.4 is 10.6 Å². The van der Waals surface area contributed by atoms with E-state index >= 15 is 0 Å². The SMILES string of the molecule is CCC(CC)NC(=O)COC1CNC1. The van der Waals surface area contributed by atoms with Gasteiger partial charge in [0.05, 0.1) is 6.10 Å². The van der Waals surface area contributed by atoms with E-state index in [0.717, 1.165) is 25.9 Å². The quantitative estimate of drug-likeness (QED) is 0.647. The molecule has 1 heterocycles. The summed E-state index contributed by atoms with van der Waals surface area (Å²) in [6.07, 6.45) is 2.20. The van der Waals surface area contributed by atoms with Gasteiger partial charge in [-0.25, -0.2) is 0 Å². The first-order valence-corrected chi connectivity index (χ1v) is 5.38. The van der Waals surface area contributed by atoms with E-state index in [2.05, 4.69) is 24.5 Å². The second-order valence-electron chi connectivity index (χ2n) is 3.67. The molecule has 1 saturated heterocycles. The highest BCUT2D eigenvalue weighted by molar-refractivity contribution is 5.77. The van der Waals surface area contributed by atoms with Gasteiger partial charge < -0.3 is 15.4 Å². The lowest BCUT2D eigenvalue weighted by atomic mass is 10.2. The van der Waals surface area contributed by atoms with E-state index in [-0.39, 0.29) is 18.6 Å². The number of nitrogens with one attached hydrogen (secondary N) is 2. The third-order valence-electron chi connectivity index (χ3n) is 2.54. The standard InChI is InChI=1S/C10H20N2O2/c1-3-8(4-2)12-10(13)7-14-9-5-11-6-9/h8-9,11H,3-7H2,1-2H3,(H,12,13). The summed E-state index contributed by atoms with van der Waals surface area (Å²) in [7, 11) is 0. The van der Waals surface area contributed by atoms with E-state index in [1.807, 2.05) is 0 Å². The number of hydrogen-bond acceptors (Lipinski definition) is 3. The molecule has 0 unspecified atom stereocenters. The summed E-state index contributed by atoms with van der Waals surface area (Å²) < 4.78 is 5.36. The summed E-state index contributed by atoms with van der Waals surface area (Å²) in [5.74, 6) is 0.00519. The highest BCUT2D eigenvalue weighted by Crippen LogP contribution is 1.99. The van der Waals surface area contributed by atoms with Gasteiger partial charge in [0.25, 0.3) is 0 Å². The van der Waals surface area contributed by atoms with Crippen LogP contribution in [0, 0.1) is 0 Å². The molecular formula is C10H20N2O2. The molecule has 0 aromatic rings. The molecule has 1 rings (SSSR count). The van der Waals surface area contributed by atoms with Crippen LogP contribution in [0.3, 0.4) is 0 Å². The molecule has 0 saturated carbocycles. The minimum atomic E-state index is 0.00519. The minimum Gasteiger partial charge on any atom is -0.366 e. The molecule has 0 bridgehead atoms. The fraction of sp³-hybridized carbons (Fsp3) is 0.900. The van der Waals surface area contributed by atoms with Crippen LogP contribution in [0.25, 0.3) is 0 Å². The second-order valence-corrected chi connectivity index (χ2v) is 3.67. The normalized spacial score (nSPS) is 16.8. The predicted octanol–water partition coefficient (Wildman–Crippen LogP) is 0.280. The van der Waals surface area contributed by atoms with Crippen LogP contribution >= 0.6 is 0 Å². The smallest absolute Gasteiger partial charge is 0.246 e. The van der Waals surface area contributed by atoms with Crippen molar-refractivity contribution < 1.29 is 9.53 Å². The summed E-state index contributed by atoms with van der Waals surface area (Å²) in [6.45, 7) is 6.09. The fourth-order valence-electron chi connectivity index (χ4n) is 1.34. The highest BCUT2D eigenvalue weighted by atomic mass is 16.5. The lowest BCUT2D eigenvalue weighted by Gasteiger charge is -2.27. The average Bonchev–Trinajstić information content (AvgIpc) is 2.11. The van der Waals surface area contributed by atoms with Gasteiger partial charge in [-0.15, -0.1) is 0 Å². The van der Waals surface area contributed by atoms with Gasteiger partial charge in [0.2, 0.25) is 5.91 Å². The van der Waals surface area contributed by atoms with Gasteiger partial charge >= 0.3 is 0 Å². The Morgan fingerprint density at radius 1 is 1.50 bits per heavy atom. The number of carbonyl (C=O) groups is 1. The topological polar surface area (TPSA) is 50.4 Å². The third-order valence-corrected chi connectivity index (χ3v) is 2.54. The van der Waals surface area contributed by atoms with Crippen molar-refractivity contribution in [3.8, 4) is 0 Å². The summed E-state index contributed by atoms with van der Waals surface area (Å²) in [5, 5.41) is 6.03. The zero-order valence-electron chi connectivity index (χ0n) is 9.01. The van der Waals surface area contributed by atoms with Crippen LogP contribution in [-0.4, -0.2) is 37.7 Å². The summed E-state index contributed by atoms with van der Waals surface area (Å²) in [4.78, 5) is 11.4. The maximum atomic E-state index is 11.4. The number of ether oxygens (including phenoxy) is 1.